The van der Waals surface area contributed by atoms with E-state index in [4.69, 9.17) is 28.9 Å². The zero-order valence-corrected chi connectivity index (χ0v) is 11.5. The van der Waals surface area contributed by atoms with Crippen molar-refractivity contribution >= 4 is 46.6 Å². The number of nitrogens with two attached hydrogens (primary N) is 1. The predicted molar refractivity (Wildman–Crippen MR) is 84.2 cm³/mol. The first-order valence-electron chi connectivity index (χ1n) is 5.89. The number of allylic oxidation sites excluding steroid dienone is 2. The van der Waals surface area contributed by atoms with Crippen LogP contribution in [0.1, 0.15) is 16.7 Å². The minimum absolute atomic E-state index is 0.424. The molecular formula is C16H11Cl2N. The van der Waals surface area contributed by atoms with Crippen molar-refractivity contribution in [3.63, 3.8) is 0 Å². The first-order valence-corrected chi connectivity index (χ1v) is 6.64. The Bertz CT molecular complexity index is 691. The standard InChI is InChI=1S/C16H11Cl2N/c17-14-8-10(9-15(18)16(14)19)7-12-6-5-11-3-1-2-4-13(11)12/h1-9H,19H2. The first kappa shape index (κ1) is 12.3. The van der Waals surface area contributed by atoms with Gasteiger partial charge in [-0.15, -0.1) is 0 Å². The van der Waals surface area contributed by atoms with Gasteiger partial charge in [0.05, 0.1) is 15.7 Å². The summed E-state index contributed by atoms with van der Waals surface area (Å²) in [6, 6.07) is 11.9. The van der Waals surface area contributed by atoms with E-state index in [1.807, 2.05) is 24.3 Å². The lowest BCUT2D eigenvalue weighted by atomic mass is 10.0. The fourth-order valence-corrected chi connectivity index (χ4v) is 2.67. The molecular weight excluding hydrogens is 277 g/mol. The van der Waals surface area contributed by atoms with E-state index < -0.39 is 0 Å². The quantitative estimate of drug-likeness (QED) is 0.722. The summed E-state index contributed by atoms with van der Waals surface area (Å²) in [4.78, 5) is 0. The third-order valence-corrected chi connectivity index (χ3v) is 3.76. The molecule has 0 aromatic heterocycles. The molecule has 0 saturated heterocycles. The largest absolute Gasteiger partial charge is 0.396 e. The van der Waals surface area contributed by atoms with Gasteiger partial charge in [-0.2, -0.15) is 0 Å². The molecule has 0 amide bonds. The molecule has 1 aliphatic carbocycles. The van der Waals surface area contributed by atoms with Crippen molar-refractivity contribution in [3.8, 4) is 0 Å². The molecule has 0 saturated carbocycles. The number of hydrogen-bond donors (Lipinski definition) is 1. The van der Waals surface area contributed by atoms with E-state index in [0.29, 0.717) is 15.7 Å². The number of anilines is 1. The number of hydrogen-bond acceptors (Lipinski definition) is 1. The van der Waals surface area contributed by atoms with Gasteiger partial charge in [-0.25, -0.2) is 0 Å². The molecule has 0 spiro atoms. The molecule has 3 heteroatoms. The summed E-state index contributed by atoms with van der Waals surface area (Å²) < 4.78 is 0. The van der Waals surface area contributed by atoms with Gasteiger partial charge in [-0.05, 0) is 40.5 Å². The molecule has 2 N–H and O–H groups in total. The van der Waals surface area contributed by atoms with Crippen molar-refractivity contribution in [2.24, 2.45) is 0 Å². The highest BCUT2D eigenvalue weighted by Gasteiger charge is 2.10. The van der Waals surface area contributed by atoms with E-state index in [-0.39, 0.29) is 0 Å². The summed E-state index contributed by atoms with van der Waals surface area (Å²) in [5, 5.41) is 0.962. The molecule has 0 heterocycles. The Hall–Kier alpha value is -1.70. The molecule has 1 nitrogen and oxygen atoms in total. The lowest BCUT2D eigenvalue weighted by Gasteiger charge is -2.05. The normalized spacial score (nSPS) is 14.9. The molecule has 19 heavy (non-hydrogen) atoms. The van der Waals surface area contributed by atoms with Gasteiger partial charge in [0, 0.05) is 0 Å². The highest BCUT2D eigenvalue weighted by atomic mass is 35.5. The van der Waals surface area contributed by atoms with E-state index in [9.17, 15) is 0 Å². The highest BCUT2D eigenvalue weighted by molar-refractivity contribution is 6.39. The van der Waals surface area contributed by atoms with Crippen molar-refractivity contribution in [2.75, 3.05) is 5.73 Å². The van der Waals surface area contributed by atoms with Crippen molar-refractivity contribution in [1.82, 2.24) is 0 Å². The summed E-state index contributed by atoms with van der Waals surface area (Å²) in [6.45, 7) is 0. The van der Waals surface area contributed by atoms with Gasteiger partial charge in [-0.1, -0.05) is 59.6 Å². The predicted octanol–water partition coefficient (Wildman–Crippen LogP) is 5.14. The summed E-state index contributed by atoms with van der Waals surface area (Å²) in [7, 11) is 0. The Labute approximate surface area is 122 Å². The molecule has 0 radical (unpaired) electrons. The van der Waals surface area contributed by atoms with Crippen LogP contribution in [-0.4, -0.2) is 0 Å². The zero-order valence-electron chi connectivity index (χ0n) is 10.0. The van der Waals surface area contributed by atoms with Crippen molar-refractivity contribution < 1.29 is 0 Å². The fourth-order valence-electron chi connectivity index (χ4n) is 2.17. The van der Waals surface area contributed by atoms with Gasteiger partial charge in [-0.3, -0.25) is 0 Å². The second-order valence-electron chi connectivity index (χ2n) is 4.42. The van der Waals surface area contributed by atoms with Gasteiger partial charge in [0.2, 0.25) is 0 Å². The monoisotopic (exact) mass is 287 g/mol. The van der Waals surface area contributed by atoms with E-state index in [1.54, 1.807) is 0 Å². The number of halogens is 2. The van der Waals surface area contributed by atoms with Crippen LogP contribution in [0.25, 0.3) is 17.7 Å². The van der Waals surface area contributed by atoms with Crippen LogP contribution in [0.2, 0.25) is 10.0 Å². The third kappa shape index (κ3) is 2.27. The molecule has 0 atom stereocenters. The maximum atomic E-state index is 6.05. The van der Waals surface area contributed by atoms with Crippen LogP contribution in [-0.2, 0) is 0 Å². The molecule has 0 fully saturated rings. The van der Waals surface area contributed by atoms with Crippen LogP contribution in [0.15, 0.2) is 42.5 Å². The molecule has 3 rings (SSSR count). The molecule has 1 aliphatic rings. The van der Waals surface area contributed by atoms with Gasteiger partial charge in [0.1, 0.15) is 0 Å². The molecule has 0 aliphatic heterocycles. The van der Waals surface area contributed by atoms with Crippen LogP contribution < -0.4 is 5.73 Å². The summed E-state index contributed by atoms with van der Waals surface area (Å²) in [6.07, 6.45) is 6.24. The topological polar surface area (TPSA) is 26.0 Å². The third-order valence-electron chi connectivity index (χ3n) is 3.14. The fraction of sp³-hybridized carbons (Fsp3) is 0. The van der Waals surface area contributed by atoms with Gasteiger partial charge < -0.3 is 5.73 Å². The summed E-state index contributed by atoms with van der Waals surface area (Å²) >= 11 is 12.1. The van der Waals surface area contributed by atoms with E-state index in [1.165, 1.54) is 11.1 Å². The van der Waals surface area contributed by atoms with Crippen molar-refractivity contribution in [3.05, 3.63) is 69.2 Å². The lowest BCUT2D eigenvalue weighted by Crippen LogP contribution is -1.89. The Balaban J connectivity index is 2.07. The van der Waals surface area contributed by atoms with Crippen LogP contribution in [0.5, 0.6) is 0 Å². The van der Waals surface area contributed by atoms with Crippen molar-refractivity contribution in [2.45, 2.75) is 0 Å². The average Bonchev–Trinajstić information content (AvgIpc) is 2.79. The number of fused-ring (bicyclic) bond motifs is 1. The second kappa shape index (κ2) is 4.76. The number of rotatable bonds is 1. The highest BCUT2D eigenvalue weighted by Crippen LogP contribution is 2.33. The van der Waals surface area contributed by atoms with Crippen molar-refractivity contribution in [1.29, 1.82) is 0 Å². The Morgan fingerprint density at radius 3 is 2.37 bits per heavy atom. The second-order valence-corrected chi connectivity index (χ2v) is 5.23. The maximum Gasteiger partial charge on any atom is 0.0693 e. The van der Waals surface area contributed by atoms with Crippen LogP contribution >= 0.6 is 23.2 Å². The van der Waals surface area contributed by atoms with Gasteiger partial charge in [0.25, 0.3) is 0 Å². The average molecular weight is 288 g/mol. The molecule has 94 valence electrons. The summed E-state index contributed by atoms with van der Waals surface area (Å²) in [5.41, 5.74) is 10.7. The first-order chi connectivity index (χ1) is 9.15. The number of benzene rings is 2. The molecule has 2 aromatic rings. The van der Waals surface area contributed by atoms with E-state index in [0.717, 1.165) is 11.1 Å². The molecule has 2 aromatic carbocycles. The molecule has 0 bridgehead atoms. The van der Waals surface area contributed by atoms with Gasteiger partial charge in [0.15, 0.2) is 0 Å². The Morgan fingerprint density at radius 2 is 1.63 bits per heavy atom. The van der Waals surface area contributed by atoms with E-state index >= 15 is 0 Å². The zero-order chi connectivity index (χ0) is 13.4. The maximum absolute atomic E-state index is 6.05. The summed E-state index contributed by atoms with van der Waals surface area (Å²) in [5.74, 6) is 0. The minimum atomic E-state index is 0.424. The van der Waals surface area contributed by atoms with Crippen LogP contribution in [0.3, 0.4) is 0 Å². The SMILES string of the molecule is Nc1c(Cl)cc(C=C2C=Cc3ccccc32)cc1Cl. The van der Waals surface area contributed by atoms with Crippen LogP contribution in [0, 0.1) is 0 Å². The Morgan fingerprint density at radius 1 is 0.947 bits per heavy atom. The minimum Gasteiger partial charge on any atom is -0.396 e. The number of nitrogen functional groups attached to an aromatic ring is 1. The van der Waals surface area contributed by atoms with E-state index in [2.05, 4.69) is 30.4 Å². The van der Waals surface area contributed by atoms with Crippen LogP contribution in [0.4, 0.5) is 5.69 Å². The Kier molecular flexibility index (Phi) is 3.09. The van der Waals surface area contributed by atoms with Gasteiger partial charge >= 0.3 is 0 Å². The lowest BCUT2D eigenvalue weighted by molar-refractivity contribution is 1.61. The molecule has 0 unspecified atom stereocenters. The smallest absolute Gasteiger partial charge is 0.0693 e.